The highest BCUT2D eigenvalue weighted by Gasteiger charge is 2.21. The molecule has 0 amide bonds. The van der Waals surface area contributed by atoms with E-state index in [2.05, 4.69) is 16.9 Å². The van der Waals surface area contributed by atoms with Gasteiger partial charge in [-0.3, -0.25) is 0 Å². The van der Waals surface area contributed by atoms with Gasteiger partial charge in [0.1, 0.15) is 0 Å². The smallest absolute Gasteiger partial charge is 0.160 e. The number of aromatic hydroxyl groups is 1. The third-order valence-electron chi connectivity index (χ3n) is 5.44. The number of phenols is 1. The molecule has 26 heavy (non-hydrogen) atoms. The number of aromatic nitrogens is 2. The molecule has 4 heteroatoms. The van der Waals surface area contributed by atoms with E-state index in [4.69, 9.17) is 4.74 Å². The zero-order valence-electron chi connectivity index (χ0n) is 15.7. The van der Waals surface area contributed by atoms with Crippen LogP contribution in [-0.4, -0.2) is 21.7 Å². The number of ether oxygens (including phenoxy) is 1. The van der Waals surface area contributed by atoms with Crippen molar-refractivity contribution in [2.75, 3.05) is 6.61 Å². The molecule has 0 radical (unpaired) electrons. The van der Waals surface area contributed by atoms with Crippen LogP contribution in [0.3, 0.4) is 0 Å². The van der Waals surface area contributed by atoms with Gasteiger partial charge < -0.3 is 9.84 Å². The number of unbranched alkanes of at least 4 members (excludes halogenated alkanes) is 2. The zero-order chi connectivity index (χ0) is 18.2. The molecule has 2 aromatic rings. The molecule has 1 N–H and O–H groups in total. The fourth-order valence-electron chi connectivity index (χ4n) is 3.80. The van der Waals surface area contributed by atoms with Crippen molar-refractivity contribution in [3.63, 3.8) is 0 Å². The second-order valence-corrected chi connectivity index (χ2v) is 7.45. The molecule has 0 unspecified atom stereocenters. The molecule has 1 heterocycles. The molecular weight excluding hydrogens is 324 g/mol. The Labute approximate surface area is 156 Å². The first-order valence-corrected chi connectivity index (χ1v) is 9.99. The topological polar surface area (TPSA) is 55.2 Å². The molecule has 0 bridgehead atoms. The van der Waals surface area contributed by atoms with Gasteiger partial charge in [-0.25, -0.2) is 9.97 Å². The maximum Gasteiger partial charge on any atom is 0.160 e. The van der Waals surface area contributed by atoms with E-state index in [-0.39, 0.29) is 5.75 Å². The SMILES string of the molecule is CCCCCC1CCC(COc2ccc(-c3ncccn3)cc2O)CC1. The second-order valence-electron chi connectivity index (χ2n) is 7.45. The summed E-state index contributed by atoms with van der Waals surface area (Å²) in [5.74, 6) is 2.83. The third kappa shape index (κ3) is 5.20. The third-order valence-corrected chi connectivity index (χ3v) is 5.44. The van der Waals surface area contributed by atoms with Crippen LogP contribution < -0.4 is 4.74 Å². The molecule has 1 aromatic carbocycles. The summed E-state index contributed by atoms with van der Waals surface area (Å²) in [4.78, 5) is 8.42. The number of rotatable bonds is 8. The summed E-state index contributed by atoms with van der Waals surface area (Å²) in [7, 11) is 0. The molecule has 0 aliphatic heterocycles. The Morgan fingerprint density at radius 2 is 1.77 bits per heavy atom. The van der Waals surface area contributed by atoms with E-state index in [9.17, 15) is 5.11 Å². The molecule has 1 aromatic heterocycles. The van der Waals surface area contributed by atoms with Crippen LogP contribution in [0.15, 0.2) is 36.7 Å². The summed E-state index contributed by atoms with van der Waals surface area (Å²) >= 11 is 0. The van der Waals surface area contributed by atoms with Crippen LogP contribution >= 0.6 is 0 Å². The summed E-state index contributed by atoms with van der Waals surface area (Å²) in [5.41, 5.74) is 0.794. The predicted octanol–water partition coefficient (Wildman–Crippen LogP) is 5.61. The highest BCUT2D eigenvalue weighted by atomic mass is 16.5. The fourth-order valence-corrected chi connectivity index (χ4v) is 3.80. The summed E-state index contributed by atoms with van der Waals surface area (Å²) in [6, 6.07) is 7.17. The van der Waals surface area contributed by atoms with Crippen LogP contribution in [0.4, 0.5) is 0 Å². The largest absolute Gasteiger partial charge is 0.504 e. The summed E-state index contributed by atoms with van der Waals surface area (Å²) in [6.45, 7) is 2.96. The average molecular weight is 354 g/mol. The molecule has 1 fully saturated rings. The van der Waals surface area contributed by atoms with Crippen molar-refractivity contribution < 1.29 is 9.84 Å². The average Bonchev–Trinajstić information content (AvgIpc) is 2.69. The van der Waals surface area contributed by atoms with Crippen LogP contribution in [0.2, 0.25) is 0 Å². The highest BCUT2D eigenvalue weighted by molar-refractivity contribution is 5.60. The van der Waals surface area contributed by atoms with Crippen LogP contribution in [-0.2, 0) is 0 Å². The molecule has 1 saturated carbocycles. The lowest BCUT2D eigenvalue weighted by molar-refractivity contribution is 0.174. The van der Waals surface area contributed by atoms with E-state index in [1.54, 1.807) is 24.5 Å². The van der Waals surface area contributed by atoms with E-state index in [1.165, 1.54) is 51.4 Å². The zero-order valence-corrected chi connectivity index (χ0v) is 15.7. The Balaban J connectivity index is 1.47. The van der Waals surface area contributed by atoms with Gasteiger partial charge in [0.25, 0.3) is 0 Å². The van der Waals surface area contributed by atoms with Gasteiger partial charge in [0, 0.05) is 18.0 Å². The van der Waals surface area contributed by atoms with E-state index in [0.717, 1.165) is 11.5 Å². The van der Waals surface area contributed by atoms with E-state index in [0.29, 0.717) is 24.1 Å². The molecular formula is C22H30N2O2. The lowest BCUT2D eigenvalue weighted by Crippen LogP contribution is -2.20. The van der Waals surface area contributed by atoms with E-state index >= 15 is 0 Å². The van der Waals surface area contributed by atoms with Gasteiger partial charge in [-0.1, -0.05) is 45.4 Å². The molecule has 140 valence electrons. The van der Waals surface area contributed by atoms with Gasteiger partial charge in [-0.2, -0.15) is 0 Å². The number of nitrogens with zero attached hydrogens (tertiary/aromatic N) is 2. The van der Waals surface area contributed by atoms with E-state index < -0.39 is 0 Å². The molecule has 0 saturated heterocycles. The van der Waals surface area contributed by atoms with Crippen molar-refractivity contribution in [3.05, 3.63) is 36.7 Å². The quantitative estimate of drug-likeness (QED) is 0.626. The van der Waals surface area contributed by atoms with Crippen molar-refractivity contribution in [2.24, 2.45) is 11.8 Å². The summed E-state index contributed by atoms with van der Waals surface area (Å²) < 4.78 is 5.91. The Morgan fingerprint density at radius 1 is 1.04 bits per heavy atom. The maximum absolute atomic E-state index is 10.3. The molecule has 0 atom stereocenters. The minimum absolute atomic E-state index is 0.156. The lowest BCUT2D eigenvalue weighted by atomic mass is 9.80. The van der Waals surface area contributed by atoms with Gasteiger partial charge >= 0.3 is 0 Å². The summed E-state index contributed by atoms with van der Waals surface area (Å²) in [6.07, 6.45) is 14.0. The fraction of sp³-hybridized carbons (Fsp3) is 0.545. The lowest BCUT2D eigenvalue weighted by Gasteiger charge is -2.28. The first-order valence-electron chi connectivity index (χ1n) is 9.99. The van der Waals surface area contributed by atoms with Crippen LogP contribution in [0.5, 0.6) is 11.5 Å². The number of hydrogen-bond acceptors (Lipinski definition) is 4. The Kier molecular flexibility index (Phi) is 6.87. The second kappa shape index (κ2) is 9.56. The molecule has 4 nitrogen and oxygen atoms in total. The van der Waals surface area contributed by atoms with Crippen LogP contribution in [0.25, 0.3) is 11.4 Å². The Hall–Kier alpha value is -2.10. The van der Waals surface area contributed by atoms with Gasteiger partial charge in [0.15, 0.2) is 17.3 Å². The molecule has 0 spiro atoms. The van der Waals surface area contributed by atoms with Crippen molar-refractivity contribution in [1.29, 1.82) is 0 Å². The monoisotopic (exact) mass is 354 g/mol. The Morgan fingerprint density at radius 3 is 2.46 bits per heavy atom. The van der Waals surface area contributed by atoms with E-state index in [1.807, 2.05) is 12.1 Å². The molecule has 1 aliphatic carbocycles. The van der Waals surface area contributed by atoms with Gasteiger partial charge in [0.05, 0.1) is 6.61 Å². The van der Waals surface area contributed by atoms with Crippen molar-refractivity contribution >= 4 is 0 Å². The highest BCUT2D eigenvalue weighted by Crippen LogP contribution is 2.34. The minimum Gasteiger partial charge on any atom is -0.504 e. The van der Waals surface area contributed by atoms with Crippen molar-refractivity contribution in [3.8, 4) is 22.9 Å². The van der Waals surface area contributed by atoms with Gasteiger partial charge in [0.2, 0.25) is 0 Å². The predicted molar refractivity (Wildman–Crippen MR) is 104 cm³/mol. The summed E-state index contributed by atoms with van der Waals surface area (Å²) in [5, 5.41) is 10.3. The molecule has 3 rings (SSSR count). The number of benzene rings is 1. The van der Waals surface area contributed by atoms with Gasteiger partial charge in [-0.05, 0) is 48.9 Å². The normalized spacial score (nSPS) is 20.0. The van der Waals surface area contributed by atoms with Crippen LogP contribution in [0, 0.1) is 11.8 Å². The van der Waals surface area contributed by atoms with Crippen LogP contribution in [0.1, 0.15) is 58.3 Å². The standard InChI is InChI=1S/C22H30N2O2/c1-2-3-4-6-17-7-9-18(10-8-17)16-26-21-12-11-19(15-20(21)25)22-23-13-5-14-24-22/h5,11-15,17-18,25H,2-4,6-10,16H2,1H3. The number of hydrogen-bond donors (Lipinski definition) is 1. The van der Waals surface area contributed by atoms with Crippen molar-refractivity contribution in [2.45, 2.75) is 58.3 Å². The number of phenolic OH excluding ortho intramolecular Hbond substituents is 1. The van der Waals surface area contributed by atoms with Crippen molar-refractivity contribution in [1.82, 2.24) is 9.97 Å². The first-order chi connectivity index (χ1) is 12.8. The Bertz CT molecular complexity index is 667. The first kappa shape index (κ1) is 18.7. The maximum atomic E-state index is 10.3. The van der Waals surface area contributed by atoms with Gasteiger partial charge in [-0.15, -0.1) is 0 Å². The minimum atomic E-state index is 0.156. The molecule has 1 aliphatic rings.